The smallest absolute Gasteiger partial charge is 0.274 e. The first kappa shape index (κ1) is 17.5. The highest BCUT2D eigenvalue weighted by atomic mass is 16.5. The minimum atomic E-state index is -0.115. The van der Waals surface area contributed by atoms with E-state index in [2.05, 4.69) is 29.5 Å². The monoisotopic (exact) mass is 342 g/mol. The molecule has 1 aromatic carbocycles. The van der Waals surface area contributed by atoms with E-state index in [0.717, 1.165) is 30.0 Å². The van der Waals surface area contributed by atoms with Crippen molar-refractivity contribution in [3.8, 4) is 11.4 Å². The predicted octanol–water partition coefficient (Wildman–Crippen LogP) is 3.46. The van der Waals surface area contributed by atoms with Crippen molar-refractivity contribution in [3.63, 3.8) is 0 Å². The summed E-state index contributed by atoms with van der Waals surface area (Å²) < 4.78 is 6.95. The second-order valence-corrected chi connectivity index (χ2v) is 6.90. The fourth-order valence-electron chi connectivity index (χ4n) is 3.38. The molecule has 0 atom stereocenters. The molecule has 2 aromatic rings. The van der Waals surface area contributed by atoms with Gasteiger partial charge in [0.25, 0.3) is 5.91 Å². The average Bonchev–Trinajstić information content (AvgIpc) is 3.08. The number of nitrogens with zero attached hydrogens (tertiary/aromatic N) is 3. The van der Waals surface area contributed by atoms with Crippen LogP contribution in [-0.4, -0.2) is 34.1 Å². The average molecular weight is 342 g/mol. The molecule has 1 aromatic heterocycles. The lowest BCUT2D eigenvalue weighted by atomic mass is 9.95. The van der Waals surface area contributed by atoms with Crippen molar-refractivity contribution in [1.29, 1.82) is 0 Å². The summed E-state index contributed by atoms with van der Waals surface area (Å²) in [5.74, 6) is 0.796. The highest BCUT2D eigenvalue weighted by Gasteiger charge is 2.25. The van der Waals surface area contributed by atoms with Crippen molar-refractivity contribution >= 4 is 5.91 Å². The Morgan fingerprint density at radius 3 is 2.48 bits per heavy atom. The first-order chi connectivity index (χ1) is 12.1. The van der Waals surface area contributed by atoms with Gasteiger partial charge in [0, 0.05) is 6.04 Å². The van der Waals surface area contributed by atoms with E-state index in [1.54, 1.807) is 11.8 Å². The maximum atomic E-state index is 12.7. The maximum absolute atomic E-state index is 12.7. The molecule has 3 rings (SSSR count). The molecule has 0 spiro atoms. The van der Waals surface area contributed by atoms with Crippen LogP contribution in [0.2, 0.25) is 0 Å². The van der Waals surface area contributed by atoms with Gasteiger partial charge >= 0.3 is 0 Å². The van der Waals surface area contributed by atoms with Gasteiger partial charge in [-0.25, -0.2) is 4.68 Å². The van der Waals surface area contributed by atoms with E-state index < -0.39 is 0 Å². The van der Waals surface area contributed by atoms with Gasteiger partial charge < -0.3 is 10.1 Å². The Bertz CT molecular complexity index is 716. The second-order valence-electron chi connectivity index (χ2n) is 6.90. The molecule has 0 unspecified atom stereocenters. The van der Waals surface area contributed by atoms with E-state index in [1.807, 2.05) is 24.3 Å². The van der Waals surface area contributed by atoms with Crippen LogP contribution < -0.4 is 10.1 Å². The van der Waals surface area contributed by atoms with E-state index in [9.17, 15) is 4.79 Å². The van der Waals surface area contributed by atoms with Crippen LogP contribution in [0.4, 0.5) is 0 Å². The molecular formula is C19H26N4O2. The Labute approximate surface area is 148 Å². The van der Waals surface area contributed by atoms with E-state index in [1.165, 1.54) is 19.3 Å². The van der Waals surface area contributed by atoms with Crippen LogP contribution >= 0.6 is 0 Å². The molecular weight excluding hydrogens is 316 g/mol. The van der Waals surface area contributed by atoms with Crippen LogP contribution in [0, 0.1) is 0 Å². The number of ether oxygens (including phenoxy) is 1. The number of aromatic nitrogens is 3. The van der Waals surface area contributed by atoms with E-state index in [4.69, 9.17) is 4.74 Å². The van der Waals surface area contributed by atoms with Gasteiger partial charge in [-0.1, -0.05) is 38.3 Å². The summed E-state index contributed by atoms with van der Waals surface area (Å²) in [6.45, 7) is 4.10. The normalized spacial score (nSPS) is 15.4. The number of rotatable bonds is 5. The molecule has 134 valence electrons. The standard InChI is InChI=1S/C19H26N4O2/c1-13(2)18-17(19(24)20-14-7-5-4-6-8-14)21-22-23(18)15-9-11-16(25-3)12-10-15/h9-14H,4-8H2,1-3H3,(H,20,24). The van der Waals surface area contributed by atoms with Crippen molar-refractivity contribution in [1.82, 2.24) is 20.3 Å². The lowest BCUT2D eigenvalue weighted by Gasteiger charge is -2.22. The zero-order valence-corrected chi connectivity index (χ0v) is 15.2. The first-order valence-electron chi connectivity index (χ1n) is 9.01. The van der Waals surface area contributed by atoms with Crippen LogP contribution in [0.15, 0.2) is 24.3 Å². The third-order valence-electron chi connectivity index (χ3n) is 4.72. The summed E-state index contributed by atoms with van der Waals surface area (Å²) in [5.41, 5.74) is 2.13. The number of hydrogen-bond donors (Lipinski definition) is 1. The lowest BCUT2D eigenvalue weighted by Crippen LogP contribution is -2.37. The molecule has 1 amide bonds. The summed E-state index contributed by atoms with van der Waals surface area (Å²) in [6.07, 6.45) is 5.73. The van der Waals surface area contributed by atoms with Crippen molar-refractivity contribution in [2.24, 2.45) is 0 Å². The number of nitrogens with one attached hydrogen (secondary N) is 1. The van der Waals surface area contributed by atoms with Crippen molar-refractivity contribution < 1.29 is 9.53 Å². The van der Waals surface area contributed by atoms with Gasteiger partial charge in [-0.05, 0) is 43.0 Å². The zero-order chi connectivity index (χ0) is 17.8. The molecule has 1 N–H and O–H groups in total. The van der Waals surface area contributed by atoms with Crippen molar-refractivity contribution in [3.05, 3.63) is 35.7 Å². The Morgan fingerprint density at radius 1 is 1.20 bits per heavy atom. The van der Waals surface area contributed by atoms with Gasteiger partial charge in [0.05, 0.1) is 18.5 Å². The minimum absolute atomic E-state index is 0.115. The summed E-state index contributed by atoms with van der Waals surface area (Å²) in [4.78, 5) is 12.7. The van der Waals surface area contributed by atoms with Gasteiger partial charge in [-0.2, -0.15) is 0 Å². The van der Waals surface area contributed by atoms with Crippen LogP contribution in [0.1, 0.15) is 68.1 Å². The highest BCUT2D eigenvalue weighted by molar-refractivity contribution is 5.93. The topological polar surface area (TPSA) is 69.0 Å². The number of methoxy groups -OCH3 is 1. The summed E-state index contributed by atoms with van der Waals surface area (Å²) in [7, 11) is 1.64. The van der Waals surface area contributed by atoms with Crippen LogP contribution in [0.3, 0.4) is 0 Å². The number of benzene rings is 1. The molecule has 0 saturated heterocycles. The second kappa shape index (κ2) is 7.68. The number of amides is 1. The van der Waals surface area contributed by atoms with Crippen LogP contribution in [0.25, 0.3) is 5.69 Å². The molecule has 1 heterocycles. The van der Waals surface area contributed by atoms with Crippen molar-refractivity contribution in [2.45, 2.75) is 57.9 Å². The van der Waals surface area contributed by atoms with Gasteiger partial charge in [0.1, 0.15) is 5.75 Å². The maximum Gasteiger partial charge on any atom is 0.274 e. The van der Waals surface area contributed by atoms with Gasteiger partial charge in [-0.15, -0.1) is 5.10 Å². The lowest BCUT2D eigenvalue weighted by molar-refractivity contribution is 0.0921. The first-order valence-corrected chi connectivity index (χ1v) is 9.01. The van der Waals surface area contributed by atoms with E-state index >= 15 is 0 Å². The Morgan fingerprint density at radius 2 is 1.88 bits per heavy atom. The molecule has 1 fully saturated rings. The van der Waals surface area contributed by atoms with Gasteiger partial charge in [0.2, 0.25) is 0 Å². The minimum Gasteiger partial charge on any atom is -0.497 e. The Kier molecular flexibility index (Phi) is 5.36. The third-order valence-corrected chi connectivity index (χ3v) is 4.72. The zero-order valence-electron chi connectivity index (χ0n) is 15.2. The van der Waals surface area contributed by atoms with E-state index in [0.29, 0.717) is 5.69 Å². The van der Waals surface area contributed by atoms with E-state index in [-0.39, 0.29) is 17.9 Å². The summed E-state index contributed by atoms with van der Waals surface area (Å²) >= 11 is 0. The Balaban J connectivity index is 1.87. The SMILES string of the molecule is COc1ccc(-n2nnc(C(=O)NC3CCCCC3)c2C(C)C)cc1. The quantitative estimate of drug-likeness (QED) is 0.903. The van der Waals surface area contributed by atoms with Crippen LogP contribution in [-0.2, 0) is 0 Å². The molecule has 0 radical (unpaired) electrons. The highest BCUT2D eigenvalue weighted by Crippen LogP contribution is 2.24. The largest absolute Gasteiger partial charge is 0.497 e. The molecule has 6 heteroatoms. The Hall–Kier alpha value is -2.37. The van der Waals surface area contributed by atoms with Gasteiger partial charge in [0.15, 0.2) is 5.69 Å². The fraction of sp³-hybridized carbons (Fsp3) is 0.526. The number of hydrogen-bond acceptors (Lipinski definition) is 4. The number of carbonyl (C=O) groups is 1. The molecule has 0 bridgehead atoms. The van der Waals surface area contributed by atoms with Crippen LogP contribution in [0.5, 0.6) is 5.75 Å². The fourth-order valence-corrected chi connectivity index (χ4v) is 3.38. The predicted molar refractivity (Wildman–Crippen MR) is 96.3 cm³/mol. The molecule has 1 aliphatic carbocycles. The summed E-state index contributed by atoms with van der Waals surface area (Å²) in [6, 6.07) is 7.85. The van der Waals surface area contributed by atoms with Gasteiger partial charge in [-0.3, -0.25) is 4.79 Å². The van der Waals surface area contributed by atoms with Crippen molar-refractivity contribution in [2.75, 3.05) is 7.11 Å². The summed E-state index contributed by atoms with van der Waals surface area (Å²) in [5, 5.41) is 11.6. The molecule has 0 aliphatic heterocycles. The third kappa shape index (κ3) is 3.83. The molecule has 1 aliphatic rings. The number of carbonyl (C=O) groups excluding carboxylic acids is 1. The molecule has 1 saturated carbocycles. The molecule has 25 heavy (non-hydrogen) atoms. The molecule has 6 nitrogen and oxygen atoms in total.